The summed E-state index contributed by atoms with van der Waals surface area (Å²) < 4.78 is 0. The fourth-order valence-electron chi connectivity index (χ4n) is 2.90. The van der Waals surface area contributed by atoms with Gasteiger partial charge in [-0.3, -0.25) is 4.79 Å². The van der Waals surface area contributed by atoms with Crippen molar-refractivity contribution in [3.63, 3.8) is 0 Å². The number of hydrogen-bond donors (Lipinski definition) is 2. The van der Waals surface area contributed by atoms with Crippen LogP contribution in [0.4, 0.5) is 0 Å². The van der Waals surface area contributed by atoms with E-state index in [2.05, 4.69) is 22.8 Å². The molecule has 0 bridgehead atoms. The molecule has 21 heavy (non-hydrogen) atoms. The van der Waals surface area contributed by atoms with Gasteiger partial charge < -0.3 is 10.6 Å². The van der Waals surface area contributed by atoms with Crippen molar-refractivity contribution in [3.8, 4) is 0 Å². The topological polar surface area (TPSA) is 41.1 Å². The lowest BCUT2D eigenvalue weighted by Crippen LogP contribution is -2.40. The Morgan fingerprint density at radius 1 is 1.24 bits per heavy atom. The molecule has 114 valence electrons. The van der Waals surface area contributed by atoms with Gasteiger partial charge in [0.1, 0.15) is 0 Å². The molecule has 2 aliphatic carbocycles. The molecule has 0 aliphatic heterocycles. The number of benzene rings is 1. The van der Waals surface area contributed by atoms with Crippen LogP contribution in [0.2, 0.25) is 5.02 Å². The molecule has 2 saturated carbocycles. The third-order valence-corrected chi connectivity index (χ3v) is 4.65. The third-order valence-electron chi connectivity index (χ3n) is 4.41. The SMILES string of the molecule is O=C(CCCNC1CC(c2cccc(Cl)c2)C1)NC1CC1. The summed E-state index contributed by atoms with van der Waals surface area (Å²) in [6.45, 7) is 0.936. The van der Waals surface area contributed by atoms with E-state index in [4.69, 9.17) is 11.6 Å². The minimum absolute atomic E-state index is 0.213. The van der Waals surface area contributed by atoms with Gasteiger partial charge in [-0.1, -0.05) is 23.7 Å². The highest BCUT2D eigenvalue weighted by atomic mass is 35.5. The first-order chi connectivity index (χ1) is 10.2. The molecule has 2 fully saturated rings. The maximum absolute atomic E-state index is 11.5. The second-order valence-corrected chi connectivity index (χ2v) is 6.76. The van der Waals surface area contributed by atoms with Gasteiger partial charge in [-0.2, -0.15) is 0 Å². The second kappa shape index (κ2) is 6.80. The lowest BCUT2D eigenvalue weighted by atomic mass is 9.76. The summed E-state index contributed by atoms with van der Waals surface area (Å²) in [6.07, 6.45) is 6.25. The Kier molecular flexibility index (Phi) is 4.81. The molecule has 3 nitrogen and oxygen atoms in total. The predicted octanol–water partition coefficient (Wildman–Crippen LogP) is 3.23. The zero-order valence-electron chi connectivity index (χ0n) is 12.3. The van der Waals surface area contributed by atoms with Crippen molar-refractivity contribution < 1.29 is 4.79 Å². The predicted molar refractivity (Wildman–Crippen MR) is 85.6 cm³/mol. The molecule has 1 amide bonds. The average molecular weight is 307 g/mol. The van der Waals surface area contributed by atoms with Gasteiger partial charge >= 0.3 is 0 Å². The molecule has 1 aromatic rings. The van der Waals surface area contributed by atoms with Crippen molar-refractivity contribution in [3.05, 3.63) is 34.9 Å². The number of carbonyl (C=O) groups excluding carboxylic acids is 1. The molecule has 2 aliphatic rings. The van der Waals surface area contributed by atoms with E-state index in [-0.39, 0.29) is 5.91 Å². The van der Waals surface area contributed by atoms with Gasteiger partial charge in [0.05, 0.1) is 0 Å². The zero-order valence-corrected chi connectivity index (χ0v) is 13.0. The van der Waals surface area contributed by atoms with Crippen LogP contribution in [0.15, 0.2) is 24.3 Å². The third kappa shape index (κ3) is 4.45. The van der Waals surface area contributed by atoms with Gasteiger partial charge in [0.15, 0.2) is 0 Å². The smallest absolute Gasteiger partial charge is 0.220 e. The molecule has 0 atom stereocenters. The van der Waals surface area contributed by atoms with Gasteiger partial charge in [-0.25, -0.2) is 0 Å². The molecule has 1 aromatic carbocycles. The number of carbonyl (C=O) groups is 1. The van der Waals surface area contributed by atoms with E-state index in [1.165, 1.54) is 18.4 Å². The lowest BCUT2D eigenvalue weighted by Gasteiger charge is -2.36. The number of halogens is 1. The molecule has 0 aromatic heterocycles. The van der Waals surface area contributed by atoms with Crippen LogP contribution in [0.25, 0.3) is 0 Å². The maximum Gasteiger partial charge on any atom is 0.220 e. The first-order valence-corrected chi connectivity index (χ1v) is 8.37. The summed E-state index contributed by atoms with van der Waals surface area (Å²) >= 11 is 6.03. The molecule has 3 rings (SSSR count). The molecular formula is C17H23ClN2O. The largest absolute Gasteiger partial charge is 0.353 e. The Bertz CT molecular complexity index is 495. The Hall–Kier alpha value is -1.06. The Labute approximate surface area is 131 Å². The first-order valence-electron chi connectivity index (χ1n) is 7.99. The Balaban J connectivity index is 1.27. The number of hydrogen-bond acceptors (Lipinski definition) is 2. The van der Waals surface area contributed by atoms with E-state index in [0.29, 0.717) is 24.4 Å². The van der Waals surface area contributed by atoms with Crippen LogP contribution in [0.1, 0.15) is 50.0 Å². The van der Waals surface area contributed by atoms with Crippen LogP contribution in [0.5, 0.6) is 0 Å². The first kappa shape index (κ1) is 14.9. The Morgan fingerprint density at radius 3 is 2.76 bits per heavy atom. The summed E-state index contributed by atoms with van der Waals surface area (Å²) in [4.78, 5) is 11.5. The second-order valence-electron chi connectivity index (χ2n) is 6.32. The van der Waals surface area contributed by atoms with Gasteiger partial charge in [0.2, 0.25) is 5.91 Å². The molecule has 0 spiro atoms. The van der Waals surface area contributed by atoms with E-state index in [1.54, 1.807) is 0 Å². The van der Waals surface area contributed by atoms with Crippen LogP contribution in [-0.2, 0) is 4.79 Å². The normalized spacial score (nSPS) is 24.4. The molecule has 0 saturated heterocycles. The van der Waals surface area contributed by atoms with Crippen LogP contribution < -0.4 is 10.6 Å². The number of amides is 1. The summed E-state index contributed by atoms with van der Waals surface area (Å²) in [7, 11) is 0. The molecule has 0 heterocycles. The summed E-state index contributed by atoms with van der Waals surface area (Å²) in [5.74, 6) is 0.851. The fraction of sp³-hybridized carbons (Fsp3) is 0.588. The van der Waals surface area contributed by atoms with Crippen LogP contribution in [-0.4, -0.2) is 24.5 Å². The van der Waals surface area contributed by atoms with Crippen molar-refractivity contribution in [1.29, 1.82) is 0 Å². The molecule has 0 radical (unpaired) electrons. The minimum atomic E-state index is 0.213. The lowest BCUT2D eigenvalue weighted by molar-refractivity contribution is -0.121. The molecule has 2 N–H and O–H groups in total. The zero-order chi connectivity index (χ0) is 14.7. The average Bonchev–Trinajstić information content (AvgIpc) is 3.20. The van der Waals surface area contributed by atoms with E-state index in [0.717, 1.165) is 30.8 Å². The quantitative estimate of drug-likeness (QED) is 0.759. The van der Waals surface area contributed by atoms with Gasteiger partial charge in [-0.15, -0.1) is 0 Å². The van der Waals surface area contributed by atoms with Crippen molar-refractivity contribution in [2.75, 3.05) is 6.54 Å². The number of rotatable bonds is 7. The minimum Gasteiger partial charge on any atom is -0.353 e. The molecular weight excluding hydrogens is 284 g/mol. The van der Waals surface area contributed by atoms with Crippen molar-refractivity contribution in [2.45, 2.75) is 56.5 Å². The van der Waals surface area contributed by atoms with Crippen LogP contribution in [0, 0.1) is 0 Å². The molecule has 4 heteroatoms. The summed E-state index contributed by atoms with van der Waals surface area (Å²) in [5.41, 5.74) is 1.35. The highest BCUT2D eigenvalue weighted by Gasteiger charge is 2.29. The van der Waals surface area contributed by atoms with E-state index >= 15 is 0 Å². The van der Waals surface area contributed by atoms with Crippen molar-refractivity contribution in [2.24, 2.45) is 0 Å². The van der Waals surface area contributed by atoms with E-state index in [9.17, 15) is 4.79 Å². The van der Waals surface area contributed by atoms with Gasteiger partial charge in [0, 0.05) is 23.5 Å². The highest BCUT2D eigenvalue weighted by Crippen LogP contribution is 2.37. The molecule has 0 unspecified atom stereocenters. The van der Waals surface area contributed by atoms with Crippen LogP contribution >= 0.6 is 11.6 Å². The maximum atomic E-state index is 11.5. The fourth-order valence-corrected chi connectivity index (χ4v) is 3.10. The van der Waals surface area contributed by atoms with E-state index in [1.807, 2.05) is 12.1 Å². The highest BCUT2D eigenvalue weighted by molar-refractivity contribution is 6.30. The Morgan fingerprint density at radius 2 is 2.05 bits per heavy atom. The summed E-state index contributed by atoms with van der Waals surface area (Å²) in [6, 6.07) is 9.26. The summed E-state index contributed by atoms with van der Waals surface area (Å²) in [5, 5.41) is 7.39. The van der Waals surface area contributed by atoms with Gasteiger partial charge in [-0.05, 0) is 62.3 Å². The monoisotopic (exact) mass is 306 g/mol. The van der Waals surface area contributed by atoms with E-state index < -0.39 is 0 Å². The van der Waals surface area contributed by atoms with Crippen molar-refractivity contribution >= 4 is 17.5 Å². The van der Waals surface area contributed by atoms with Crippen LogP contribution in [0.3, 0.4) is 0 Å². The standard InChI is InChI=1S/C17H23ClN2O/c18-14-4-1-3-12(9-14)13-10-16(11-13)19-8-2-5-17(21)20-15-6-7-15/h1,3-4,9,13,15-16,19H,2,5-8,10-11H2,(H,20,21). The van der Waals surface area contributed by atoms with Gasteiger partial charge in [0.25, 0.3) is 0 Å². The number of nitrogens with one attached hydrogen (secondary N) is 2. The van der Waals surface area contributed by atoms with Crippen molar-refractivity contribution in [1.82, 2.24) is 10.6 Å².